The SMILES string of the molecule is Cc1ccc(F)cc1CNCC1CCCC1C. The molecule has 0 aromatic heterocycles. The summed E-state index contributed by atoms with van der Waals surface area (Å²) in [5.74, 6) is 1.52. The highest BCUT2D eigenvalue weighted by Gasteiger charge is 2.22. The molecule has 0 heterocycles. The Morgan fingerprint density at radius 3 is 2.88 bits per heavy atom. The lowest BCUT2D eigenvalue weighted by Crippen LogP contribution is -2.24. The van der Waals surface area contributed by atoms with Crippen LogP contribution >= 0.6 is 0 Å². The van der Waals surface area contributed by atoms with Crippen LogP contribution in [0.15, 0.2) is 18.2 Å². The standard InChI is InChI=1S/C15H22FN/c1-11-4-3-5-13(11)9-17-10-14-8-15(16)7-6-12(14)2/h6-8,11,13,17H,3-5,9-10H2,1-2H3. The molecule has 17 heavy (non-hydrogen) atoms. The van der Waals surface area contributed by atoms with Crippen molar-refractivity contribution in [3.63, 3.8) is 0 Å². The molecule has 2 heteroatoms. The highest BCUT2D eigenvalue weighted by Crippen LogP contribution is 2.30. The van der Waals surface area contributed by atoms with Crippen molar-refractivity contribution < 1.29 is 4.39 Å². The fraction of sp³-hybridized carbons (Fsp3) is 0.600. The Morgan fingerprint density at radius 2 is 2.18 bits per heavy atom. The molecule has 1 fully saturated rings. The molecular weight excluding hydrogens is 213 g/mol. The summed E-state index contributed by atoms with van der Waals surface area (Å²) in [6.07, 6.45) is 4.08. The molecule has 1 saturated carbocycles. The van der Waals surface area contributed by atoms with Gasteiger partial charge in [0.05, 0.1) is 0 Å². The Kier molecular flexibility index (Phi) is 4.16. The number of hydrogen-bond acceptors (Lipinski definition) is 1. The van der Waals surface area contributed by atoms with E-state index in [9.17, 15) is 4.39 Å². The van der Waals surface area contributed by atoms with Crippen LogP contribution in [-0.4, -0.2) is 6.54 Å². The van der Waals surface area contributed by atoms with Crippen LogP contribution in [0.3, 0.4) is 0 Å². The molecule has 1 aromatic carbocycles. The van der Waals surface area contributed by atoms with Crippen LogP contribution in [0, 0.1) is 24.6 Å². The molecule has 0 bridgehead atoms. The van der Waals surface area contributed by atoms with Crippen LogP contribution in [0.25, 0.3) is 0 Å². The predicted octanol–water partition coefficient (Wildman–Crippen LogP) is 3.66. The Bertz CT molecular complexity index is 375. The Balaban J connectivity index is 1.83. The molecule has 0 amide bonds. The van der Waals surface area contributed by atoms with E-state index in [4.69, 9.17) is 0 Å². The zero-order valence-electron chi connectivity index (χ0n) is 10.8. The second kappa shape index (κ2) is 5.63. The maximum Gasteiger partial charge on any atom is 0.123 e. The molecule has 1 nitrogen and oxygen atoms in total. The van der Waals surface area contributed by atoms with Gasteiger partial charge in [0, 0.05) is 6.54 Å². The van der Waals surface area contributed by atoms with Crippen molar-refractivity contribution in [1.82, 2.24) is 5.32 Å². The fourth-order valence-corrected chi connectivity index (χ4v) is 2.75. The van der Waals surface area contributed by atoms with Crippen LogP contribution in [0.5, 0.6) is 0 Å². The average Bonchev–Trinajstić information content (AvgIpc) is 2.70. The molecule has 1 aliphatic rings. The molecule has 2 atom stereocenters. The first kappa shape index (κ1) is 12.6. The zero-order chi connectivity index (χ0) is 12.3. The van der Waals surface area contributed by atoms with Crippen LogP contribution in [0.1, 0.15) is 37.3 Å². The van der Waals surface area contributed by atoms with Crippen molar-refractivity contribution in [2.75, 3.05) is 6.54 Å². The van der Waals surface area contributed by atoms with Gasteiger partial charge in [-0.2, -0.15) is 0 Å². The molecule has 1 aromatic rings. The molecule has 0 spiro atoms. The predicted molar refractivity (Wildman–Crippen MR) is 69.3 cm³/mol. The van der Waals surface area contributed by atoms with E-state index < -0.39 is 0 Å². The quantitative estimate of drug-likeness (QED) is 0.839. The van der Waals surface area contributed by atoms with Gasteiger partial charge in [0.15, 0.2) is 0 Å². The van der Waals surface area contributed by atoms with Crippen molar-refractivity contribution in [2.24, 2.45) is 11.8 Å². The minimum atomic E-state index is -0.137. The summed E-state index contributed by atoms with van der Waals surface area (Å²) in [7, 11) is 0. The van der Waals surface area contributed by atoms with Crippen molar-refractivity contribution in [3.8, 4) is 0 Å². The molecule has 0 radical (unpaired) electrons. The number of halogens is 1. The van der Waals surface area contributed by atoms with E-state index in [1.165, 1.54) is 30.9 Å². The summed E-state index contributed by atoms with van der Waals surface area (Å²) in [5, 5.41) is 3.48. The van der Waals surface area contributed by atoms with Crippen molar-refractivity contribution in [1.29, 1.82) is 0 Å². The van der Waals surface area contributed by atoms with Gasteiger partial charge in [0.25, 0.3) is 0 Å². The largest absolute Gasteiger partial charge is 0.312 e. The second-order valence-electron chi connectivity index (χ2n) is 5.37. The van der Waals surface area contributed by atoms with Gasteiger partial charge in [-0.1, -0.05) is 25.8 Å². The van der Waals surface area contributed by atoms with E-state index in [2.05, 4.69) is 12.2 Å². The molecule has 1 aliphatic carbocycles. The van der Waals surface area contributed by atoms with Gasteiger partial charge in [-0.05, 0) is 55.0 Å². The number of aryl methyl sites for hydroxylation is 1. The number of benzene rings is 1. The van der Waals surface area contributed by atoms with Gasteiger partial charge in [-0.15, -0.1) is 0 Å². The van der Waals surface area contributed by atoms with Crippen LogP contribution in [0.2, 0.25) is 0 Å². The maximum atomic E-state index is 13.1. The molecule has 0 saturated heterocycles. The summed E-state index contributed by atoms with van der Waals surface area (Å²) < 4.78 is 13.1. The number of nitrogens with one attached hydrogen (secondary N) is 1. The monoisotopic (exact) mass is 235 g/mol. The summed E-state index contributed by atoms with van der Waals surface area (Å²) in [4.78, 5) is 0. The number of rotatable bonds is 4. The minimum Gasteiger partial charge on any atom is -0.312 e. The third-order valence-corrected chi connectivity index (χ3v) is 4.07. The molecular formula is C15H22FN. The molecule has 2 rings (SSSR count). The minimum absolute atomic E-state index is 0.137. The van der Waals surface area contributed by atoms with E-state index in [0.717, 1.165) is 30.5 Å². The van der Waals surface area contributed by atoms with Crippen LogP contribution < -0.4 is 5.32 Å². The Morgan fingerprint density at radius 1 is 1.35 bits per heavy atom. The van der Waals surface area contributed by atoms with Crippen LogP contribution in [0.4, 0.5) is 4.39 Å². The Labute approximate surface area is 103 Å². The highest BCUT2D eigenvalue weighted by molar-refractivity contribution is 5.26. The molecule has 94 valence electrons. The third kappa shape index (κ3) is 3.29. The lowest BCUT2D eigenvalue weighted by atomic mass is 9.98. The van der Waals surface area contributed by atoms with Crippen molar-refractivity contribution in [2.45, 2.75) is 39.7 Å². The highest BCUT2D eigenvalue weighted by atomic mass is 19.1. The normalized spacial score (nSPS) is 24.2. The van der Waals surface area contributed by atoms with Crippen molar-refractivity contribution in [3.05, 3.63) is 35.1 Å². The van der Waals surface area contributed by atoms with Crippen molar-refractivity contribution >= 4 is 0 Å². The smallest absolute Gasteiger partial charge is 0.123 e. The van der Waals surface area contributed by atoms with Gasteiger partial charge < -0.3 is 5.32 Å². The van der Waals surface area contributed by atoms with Gasteiger partial charge in [-0.25, -0.2) is 4.39 Å². The first-order chi connectivity index (χ1) is 8.16. The van der Waals surface area contributed by atoms with Gasteiger partial charge >= 0.3 is 0 Å². The summed E-state index contributed by atoms with van der Waals surface area (Å²) >= 11 is 0. The van der Waals surface area contributed by atoms with E-state index >= 15 is 0 Å². The van der Waals surface area contributed by atoms with E-state index in [1.54, 1.807) is 6.07 Å². The molecule has 0 aliphatic heterocycles. The fourth-order valence-electron chi connectivity index (χ4n) is 2.75. The average molecular weight is 235 g/mol. The van der Waals surface area contributed by atoms with E-state index in [1.807, 2.05) is 13.0 Å². The lowest BCUT2D eigenvalue weighted by molar-refractivity contribution is 0.391. The second-order valence-corrected chi connectivity index (χ2v) is 5.37. The first-order valence-corrected chi connectivity index (χ1v) is 6.62. The maximum absolute atomic E-state index is 13.1. The first-order valence-electron chi connectivity index (χ1n) is 6.62. The number of hydrogen-bond donors (Lipinski definition) is 1. The van der Waals surface area contributed by atoms with E-state index in [-0.39, 0.29) is 5.82 Å². The van der Waals surface area contributed by atoms with Gasteiger partial charge in [0.2, 0.25) is 0 Å². The van der Waals surface area contributed by atoms with Crippen LogP contribution in [-0.2, 0) is 6.54 Å². The van der Waals surface area contributed by atoms with Gasteiger partial charge in [0.1, 0.15) is 5.82 Å². The van der Waals surface area contributed by atoms with E-state index in [0.29, 0.717) is 0 Å². The third-order valence-electron chi connectivity index (χ3n) is 4.07. The zero-order valence-corrected chi connectivity index (χ0v) is 10.8. The Hall–Kier alpha value is -0.890. The molecule has 1 N–H and O–H groups in total. The van der Waals surface area contributed by atoms with Gasteiger partial charge in [-0.3, -0.25) is 0 Å². The lowest BCUT2D eigenvalue weighted by Gasteiger charge is -2.16. The molecule has 2 unspecified atom stereocenters. The topological polar surface area (TPSA) is 12.0 Å². The summed E-state index contributed by atoms with van der Waals surface area (Å²) in [5.41, 5.74) is 2.24. The summed E-state index contributed by atoms with van der Waals surface area (Å²) in [6, 6.07) is 5.02. The summed E-state index contributed by atoms with van der Waals surface area (Å²) in [6.45, 7) is 6.23.